The van der Waals surface area contributed by atoms with Crippen molar-refractivity contribution in [3.05, 3.63) is 28.8 Å². The fraction of sp³-hybridized carbons (Fsp3) is 0. The van der Waals surface area contributed by atoms with Crippen molar-refractivity contribution in [3.63, 3.8) is 0 Å². The van der Waals surface area contributed by atoms with E-state index in [0.717, 1.165) is 0 Å². The molecule has 0 bridgehead atoms. The lowest BCUT2D eigenvalue weighted by molar-refractivity contribution is 0.554. The zero-order valence-electron chi connectivity index (χ0n) is 6.09. The highest BCUT2D eigenvalue weighted by Gasteiger charge is 2.18. The van der Waals surface area contributed by atoms with Gasteiger partial charge in [0.25, 0.3) is 0 Å². The van der Waals surface area contributed by atoms with Gasteiger partial charge in [0.1, 0.15) is 10.7 Å². The Bertz CT molecular complexity index is 446. The van der Waals surface area contributed by atoms with E-state index in [1.165, 1.54) is 0 Å². The molecule has 0 atom stereocenters. The third-order valence-electron chi connectivity index (χ3n) is 1.27. The largest absolute Gasteiger partial charge is 0.241 e. The van der Waals surface area contributed by atoms with Crippen LogP contribution in [0.4, 0.5) is 8.78 Å². The van der Waals surface area contributed by atoms with E-state index in [-0.39, 0.29) is 0 Å². The van der Waals surface area contributed by atoms with Crippen molar-refractivity contribution in [3.8, 4) is 0 Å². The molecule has 0 amide bonds. The van der Waals surface area contributed by atoms with Crippen LogP contribution in [0.15, 0.2) is 17.0 Å². The highest BCUT2D eigenvalue weighted by atomic mass is 35.5. The van der Waals surface area contributed by atoms with E-state index in [1.807, 2.05) is 0 Å². The molecular formula is C6H4ClF2NO2S. The van der Waals surface area contributed by atoms with Crippen LogP contribution < -0.4 is 5.14 Å². The van der Waals surface area contributed by atoms with Crippen LogP contribution in [0.1, 0.15) is 0 Å². The van der Waals surface area contributed by atoms with Crippen molar-refractivity contribution in [2.75, 3.05) is 0 Å². The molecule has 0 saturated heterocycles. The molecule has 0 fully saturated rings. The predicted octanol–water partition coefficient (Wildman–Crippen LogP) is 1.27. The van der Waals surface area contributed by atoms with Crippen LogP contribution in [-0.2, 0) is 10.0 Å². The zero-order valence-corrected chi connectivity index (χ0v) is 7.66. The Morgan fingerprint density at radius 1 is 1.31 bits per heavy atom. The predicted molar refractivity (Wildman–Crippen MR) is 42.7 cm³/mol. The van der Waals surface area contributed by atoms with Gasteiger partial charge in [0.05, 0.1) is 5.02 Å². The summed E-state index contributed by atoms with van der Waals surface area (Å²) in [5.74, 6) is -2.21. The van der Waals surface area contributed by atoms with E-state index in [9.17, 15) is 17.2 Å². The van der Waals surface area contributed by atoms with Gasteiger partial charge in [0, 0.05) is 0 Å². The summed E-state index contributed by atoms with van der Waals surface area (Å²) in [6, 6.07) is 1.13. The molecule has 72 valence electrons. The van der Waals surface area contributed by atoms with E-state index < -0.39 is 31.6 Å². The summed E-state index contributed by atoms with van der Waals surface area (Å²) in [4.78, 5) is -0.947. The second-order valence-corrected chi connectivity index (χ2v) is 4.18. The summed E-state index contributed by atoms with van der Waals surface area (Å²) in [6.45, 7) is 0. The topological polar surface area (TPSA) is 60.2 Å². The van der Waals surface area contributed by atoms with Gasteiger partial charge in [0.15, 0.2) is 5.82 Å². The van der Waals surface area contributed by atoms with Gasteiger partial charge in [-0.1, -0.05) is 11.6 Å². The van der Waals surface area contributed by atoms with Gasteiger partial charge in [-0.15, -0.1) is 0 Å². The van der Waals surface area contributed by atoms with Crippen molar-refractivity contribution in [2.24, 2.45) is 5.14 Å². The Balaban J connectivity index is 3.56. The molecule has 13 heavy (non-hydrogen) atoms. The molecule has 2 N–H and O–H groups in total. The minimum Gasteiger partial charge on any atom is -0.225 e. The molecule has 0 spiro atoms. The Kier molecular flexibility index (Phi) is 2.56. The van der Waals surface area contributed by atoms with Crippen LogP contribution in [0.5, 0.6) is 0 Å². The van der Waals surface area contributed by atoms with Gasteiger partial charge in [-0.3, -0.25) is 0 Å². The minimum atomic E-state index is -4.28. The molecule has 0 aliphatic heterocycles. The van der Waals surface area contributed by atoms with Crippen molar-refractivity contribution in [2.45, 2.75) is 4.90 Å². The number of nitrogens with two attached hydrogens (primary N) is 1. The summed E-state index contributed by atoms with van der Waals surface area (Å²) in [6.07, 6.45) is 0. The third-order valence-corrected chi connectivity index (χ3v) is 2.45. The molecular weight excluding hydrogens is 224 g/mol. The van der Waals surface area contributed by atoms with Gasteiger partial charge in [0.2, 0.25) is 10.0 Å². The van der Waals surface area contributed by atoms with Crippen LogP contribution >= 0.6 is 11.6 Å². The van der Waals surface area contributed by atoms with Gasteiger partial charge in [-0.05, 0) is 12.1 Å². The van der Waals surface area contributed by atoms with Crippen LogP contribution in [0.3, 0.4) is 0 Å². The Hall–Kier alpha value is -0.720. The monoisotopic (exact) mass is 227 g/mol. The Labute approximate surface area is 78.2 Å². The first kappa shape index (κ1) is 10.4. The fourth-order valence-corrected chi connectivity index (χ4v) is 1.64. The molecule has 0 heterocycles. The van der Waals surface area contributed by atoms with Crippen LogP contribution in [0.25, 0.3) is 0 Å². The van der Waals surface area contributed by atoms with Crippen LogP contribution in [-0.4, -0.2) is 8.42 Å². The van der Waals surface area contributed by atoms with Crippen molar-refractivity contribution in [1.82, 2.24) is 0 Å². The summed E-state index contributed by atoms with van der Waals surface area (Å²) in [5, 5.41) is 3.98. The number of rotatable bonds is 1. The normalized spacial score (nSPS) is 11.7. The number of hydrogen-bond donors (Lipinski definition) is 1. The van der Waals surface area contributed by atoms with E-state index in [2.05, 4.69) is 5.14 Å². The maximum absolute atomic E-state index is 12.9. The molecule has 0 saturated carbocycles. The molecule has 3 nitrogen and oxygen atoms in total. The second kappa shape index (κ2) is 3.21. The molecule has 0 radical (unpaired) electrons. The average Bonchev–Trinajstić information content (AvgIpc) is 1.94. The Morgan fingerprint density at radius 3 is 2.31 bits per heavy atom. The lowest BCUT2D eigenvalue weighted by atomic mass is 10.3. The highest BCUT2D eigenvalue weighted by Crippen LogP contribution is 2.22. The molecule has 1 rings (SSSR count). The second-order valence-electron chi connectivity index (χ2n) is 2.24. The molecule has 7 heteroatoms. The molecule has 1 aromatic carbocycles. The van der Waals surface area contributed by atoms with Gasteiger partial charge in [-0.25, -0.2) is 22.3 Å². The van der Waals surface area contributed by atoms with Gasteiger partial charge in [-0.2, -0.15) is 0 Å². The SMILES string of the molecule is NS(=O)(=O)c1cc(F)cc(Cl)c1F. The minimum absolute atomic E-state index is 0.469. The van der Waals surface area contributed by atoms with Gasteiger partial charge < -0.3 is 0 Å². The van der Waals surface area contributed by atoms with E-state index >= 15 is 0 Å². The van der Waals surface area contributed by atoms with Crippen molar-refractivity contribution in [1.29, 1.82) is 0 Å². The number of benzene rings is 1. The summed E-state index contributed by atoms with van der Waals surface area (Å²) in [5.41, 5.74) is 0. The first-order valence-corrected chi connectivity index (χ1v) is 4.92. The van der Waals surface area contributed by atoms with Crippen molar-refractivity contribution >= 4 is 21.6 Å². The number of halogens is 3. The number of hydrogen-bond acceptors (Lipinski definition) is 2. The van der Waals surface area contributed by atoms with E-state index in [0.29, 0.717) is 12.1 Å². The molecule has 0 aromatic heterocycles. The lowest BCUT2D eigenvalue weighted by Gasteiger charge is -2.01. The van der Waals surface area contributed by atoms with Crippen LogP contribution in [0, 0.1) is 11.6 Å². The van der Waals surface area contributed by atoms with Gasteiger partial charge >= 0.3 is 0 Å². The standard InChI is InChI=1S/C6H4ClF2NO2S/c7-4-1-3(8)2-5(6(4)9)13(10,11)12/h1-2H,(H2,10,11,12). The third kappa shape index (κ3) is 2.15. The maximum Gasteiger partial charge on any atom is 0.241 e. The summed E-state index contributed by atoms with van der Waals surface area (Å²) >= 11 is 5.19. The van der Waals surface area contributed by atoms with Crippen LogP contribution in [0.2, 0.25) is 5.02 Å². The molecule has 0 unspecified atom stereocenters. The summed E-state index contributed by atoms with van der Waals surface area (Å²) < 4.78 is 46.8. The van der Waals surface area contributed by atoms with E-state index in [1.54, 1.807) is 0 Å². The Morgan fingerprint density at radius 2 is 1.85 bits per heavy atom. The number of primary sulfonamides is 1. The maximum atomic E-state index is 12.9. The fourth-order valence-electron chi connectivity index (χ4n) is 0.739. The highest BCUT2D eigenvalue weighted by molar-refractivity contribution is 7.89. The first-order chi connectivity index (χ1) is 5.82. The number of sulfonamides is 1. The molecule has 1 aromatic rings. The zero-order chi connectivity index (χ0) is 10.2. The smallest absolute Gasteiger partial charge is 0.225 e. The first-order valence-electron chi connectivity index (χ1n) is 2.99. The average molecular weight is 228 g/mol. The summed E-state index contributed by atoms with van der Waals surface area (Å²) in [7, 11) is -4.28. The van der Waals surface area contributed by atoms with Crippen molar-refractivity contribution < 1.29 is 17.2 Å². The molecule has 0 aliphatic carbocycles. The van der Waals surface area contributed by atoms with E-state index in [4.69, 9.17) is 11.6 Å². The quantitative estimate of drug-likeness (QED) is 0.735. The molecule has 0 aliphatic rings. The lowest BCUT2D eigenvalue weighted by Crippen LogP contribution is -2.14.